The van der Waals surface area contributed by atoms with Crippen molar-refractivity contribution in [2.45, 2.75) is 111 Å². The van der Waals surface area contributed by atoms with Crippen molar-refractivity contribution in [1.29, 1.82) is 0 Å². The van der Waals surface area contributed by atoms with E-state index in [1.54, 1.807) is 0 Å². The van der Waals surface area contributed by atoms with Crippen LogP contribution in [0.15, 0.2) is 30.3 Å². The molecule has 4 unspecified atom stereocenters. The number of rotatable bonds is 17. The van der Waals surface area contributed by atoms with E-state index in [1.165, 1.54) is 95.2 Å². The van der Waals surface area contributed by atoms with Crippen LogP contribution in [0.3, 0.4) is 0 Å². The summed E-state index contributed by atoms with van der Waals surface area (Å²) in [5.41, 5.74) is 2.04. The van der Waals surface area contributed by atoms with Gasteiger partial charge in [-0.15, -0.1) is 9.24 Å². The monoisotopic (exact) mass is 404 g/mol. The van der Waals surface area contributed by atoms with Gasteiger partial charge in [-0.05, 0) is 48.2 Å². The van der Waals surface area contributed by atoms with Crippen LogP contribution in [0.25, 0.3) is 0 Å². The van der Waals surface area contributed by atoms with Crippen LogP contribution in [-0.2, 0) is 6.42 Å². The zero-order valence-electron chi connectivity index (χ0n) is 19.5. The molecular formula is C27H49P. The van der Waals surface area contributed by atoms with E-state index in [-0.39, 0.29) is 0 Å². The Labute approximate surface area is 179 Å². The maximum Gasteiger partial charge on any atom is -0.0222 e. The Kier molecular flexibility index (Phi) is 14.2. The number of unbranched alkanes of at least 4 members (excludes halogenated alkanes) is 4. The van der Waals surface area contributed by atoms with Gasteiger partial charge in [0, 0.05) is 0 Å². The minimum absolute atomic E-state index is 0.513. The second-order valence-corrected chi connectivity index (χ2v) is 9.81. The Morgan fingerprint density at radius 3 is 2.07 bits per heavy atom. The van der Waals surface area contributed by atoms with Gasteiger partial charge >= 0.3 is 0 Å². The molecule has 28 heavy (non-hydrogen) atoms. The zero-order chi connectivity index (χ0) is 20.7. The van der Waals surface area contributed by atoms with Gasteiger partial charge in [0.15, 0.2) is 0 Å². The molecule has 0 aliphatic rings. The van der Waals surface area contributed by atoms with Crippen LogP contribution in [-0.4, -0.2) is 6.16 Å². The van der Waals surface area contributed by atoms with Crippen LogP contribution in [0, 0.1) is 17.3 Å². The molecule has 0 radical (unpaired) electrons. The Hall–Kier alpha value is -0.350. The highest BCUT2D eigenvalue weighted by Crippen LogP contribution is 2.38. The van der Waals surface area contributed by atoms with Gasteiger partial charge in [-0.2, -0.15) is 0 Å². The Morgan fingerprint density at radius 1 is 0.821 bits per heavy atom. The molecule has 0 bridgehead atoms. The molecule has 1 heteroatoms. The first-order valence-electron chi connectivity index (χ1n) is 12.3. The smallest absolute Gasteiger partial charge is 0.0222 e. The molecule has 0 aliphatic carbocycles. The van der Waals surface area contributed by atoms with Gasteiger partial charge in [-0.1, -0.05) is 122 Å². The van der Waals surface area contributed by atoms with Gasteiger partial charge in [-0.25, -0.2) is 0 Å². The maximum atomic E-state index is 2.99. The van der Waals surface area contributed by atoms with Crippen LogP contribution < -0.4 is 0 Å². The fraction of sp³-hybridized carbons (Fsp3) is 0.778. The first-order chi connectivity index (χ1) is 13.6. The van der Waals surface area contributed by atoms with Crippen molar-refractivity contribution >= 4 is 9.24 Å². The summed E-state index contributed by atoms with van der Waals surface area (Å²) in [4.78, 5) is 0. The van der Waals surface area contributed by atoms with Crippen LogP contribution in [0.4, 0.5) is 0 Å². The molecule has 0 heterocycles. The van der Waals surface area contributed by atoms with Gasteiger partial charge in [-0.3, -0.25) is 0 Å². The molecule has 0 N–H and O–H groups in total. The van der Waals surface area contributed by atoms with Crippen LogP contribution in [0.1, 0.15) is 110 Å². The average Bonchev–Trinajstić information content (AvgIpc) is 2.72. The SMILES string of the molecule is CCCCCCC(CCCCC(CC)(CCC)Cc1ccccc1)C(C)CP. The lowest BCUT2D eigenvalue weighted by molar-refractivity contribution is 0.210. The minimum Gasteiger partial charge on any atom is -0.137 e. The highest BCUT2D eigenvalue weighted by atomic mass is 31.0. The first-order valence-corrected chi connectivity index (χ1v) is 13.2. The third-order valence-electron chi connectivity index (χ3n) is 7.09. The third-order valence-corrected chi connectivity index (χ3v) is 7.83. The van der Waals surface area contributed by atoms with Crippen molar-refractivity contribution in [3.05, 3.63) is 35.9 Å². The average molecular weight is 405 g/mol. The number of benzene rings is 1. The van der Waals surface area contributed by atoms with Crippen molar-refractivity contribution in [3.8, 4) is 0 Å². The predicted octanol–water partition coefficient (Wildman–Crippen LogP) is 9.08. The van der Waals surface area contributed by atoms with E-state index in [0.29, 0.717) is 5.41 Å². The lowest BCUT2D eigenvalue weighted by Gasteiger charge is -2.33. The molecule has 0 amide bonds. The summed E-state index contributed by atoms with van der Waals surface area (Å²) in [6.45, 7) is 9.57. The zero-order valence-corrected chi connectivity index (χ0v) is 20.7. The summed E-state index contributed by atoms with van der Waals surface area (Å²) >= 11 is 0. The molecule has 4 atom stereocenters. The van der Waals surface area contributed by atoms with Gasteiger partial charge < -0.3 is 0 Å². The molecule has 0 saturated heterocycles. The fourth-order valence-electron chi connectivity index (χ4n) is 4.99. The largest absolute Gasteiger partial charge is 0.137 e. The standard InChI is InChI=1S/C27H49P/c1-5-8-9-13-18-26(24(4)23-28)19-14-15-21-27(7-3,20-6-2)22-25-16-11-10-12-17-25/h10-12,16-17,24,26H,5-9,13-15,18-23,28H2,1-4H3. The van der Waals surface area contributed by atoms with Crippen molar-refractivity contribution in [2.24, 2.45) is 17.3 Å². The molecule has 0 nitrogen and oxygen atoms in total. The number of hydrogen-bond acceptors (Lipinski definition) is 0. The molecule has 1 aromatic rings. The molecule has 162 valence electrons. The topological polar surface area (TPSA) is 0 Å². The summed E-state index contributed by atoms with van der Waals surface area (Å²) in [6, 6.07) is 11.2. The van der Waals surface area contributed by atoms with E-state index in [9.17, 15) is 0 Å². The van der Waals surface area contributed by atoms with Crippen LogP contribution in [0.2, 0.25) is 0 Å². The van der Waals surface area contributed by atoms with Crippen molar-refractivity contribution in [1.82, 2.24) is 0 Å². The molecule has 1 aromatic carbocycles. The van der Waals surface area contributed by atoms with E-state index in [4.69, 9.17) is 0 Å². The van der Waals surface area contributed by atoms with E-state index in [0.717, 1.165) is 11.8 Å². The predicted molar refractivity (Wildman–Crippen MR) is 132 cm³/mol. The second kappa shape index (κ2) is 15.5. The van der Waals surface area contributed by atoms with Gasteiger partial charge in [0.05, 0.1) is 0 Å². The lowest BCUT2D eigenvalue weighted by Crippen LogP contribution is -2.23. The summed E-state index contributed by atoms with van der Waals surface area (Å²) < 4.78 is 0. The molecule has 0 aliphatic heterocycles. The minimum atomic E-state index is 0.513. The van der Waals surface area contributed by atoms with E-state index in [1.807, 2.05) is 0 Å². The van der Waals surface area contributed by atoms with Crippen molar-refractivity contribution in [3.63, 3.8) is 0 Å². The van der Waals surface area contributed by atoms with Crippen LogP contribution in [0.5, 0.6) is 0 Å². The van der Waals surface area contributed by atoms with E-state index < -0.39 is 0 Å². The third kappa shape index (κ3) is 9.91. The molecule has 0 saturated carbocycles. The van der Waals surface area contributed by atoms with E-state index >= 15 is 0 Å². The highest BCUT2D eigenvalue weighted by Gasteiger charge is 2.27. The van der Waals surface area contributed by atoms with Crippen molar-refractivity contribution < 1.29 is 0 Å². The summed E-state index contributed by atoms with van der Waals surface area (Å²) in [7, 11) is 2.99. The summed E-state index contributed by atoms with van der Waals surface area (Å²) in [6.07, 6.45) is 19.3. The Bertz CT molecular complexity index is 468. The normalized spacial score (nSPS) is 15.9. The Balaban J connectivity index is 2.53. The molecule has 1 rings (SSSR count). The number of hydrogen-bond donors (Lipinski definition) is 0. The highest BCUT2D eigenvalue weighted by molar-refractivity contribution is 7.16. The molecule has 0 aromatic heterocycles. The van der Waals surface area contributed by atoms with Crippen molar-refractivity contribution in [2.75, 3.05) is 6.16 Å². The maximum absolute atomic E-state index is 2.99. The van der Waals surface area contributed by atoms with E-state index in [2.05, 4.69) is 67.3 Å². The lowest BCUT2D eigenvalue weighted by atomic mass is 9.72. The molecular weight excluding hydrogens is 355 g/mol. The van der Waals surface area contributed by atoms with Gasteiger partial charge in [0.1, 0.15) is 0 Å². The van der Waals surface area contributed by atoms with Gasteiger partial charge in [0.2, 0.25) is 0 Å². The first kappa shape index (κ1) is 25.7. The quantitative estimate of drug-likeness (QED) is 0.179. The summed E-state index contributed by atoms with van der Waals surface area (Å²) in [5.74, 6) is 1.80. The molecule has 0 fully saturated rings. The van der Waals surface area contributed by atoms with Gasteiger partial charge in [0.25, 0.3) is 0 Å². The fourth-order valence-corrected chi connectivity index (χ4v) is 5.37. The van der Waals surface area contributed by atoms with Crippen LogP contribution >= 0.6 is 9.24 Å². The Morgan fingerprint density at radius 2 is 1.50 bits per heavy atom. The second-order valence-electron chi connectivity index (χ2n) is 9.33. The summed E-state index contributed by atoms with van der Waals surface area (Å²) in [5, 5.41) is 0. The molecule has 0 spiro atoms.